The highest BCUT2D eigenvalue weighted by molar-refractivity contribution is 5.57. The van der Waals surface area contributed by atoms with Crippen molar-refractivity contribution < 1.29 is 4.74 Å². The quantitative estimate of drug-likeness (QED) is 0.889. The Balaban J connectivity index is 2.21. The molecule has 0 spiro atoms. The lowest BCUT2D eigenvalue weighted by Gasteiger charge is -2.33. The minimum Gasteiger partial charge on any atom is -0.380 e. The van der Waals surface area contributed by atoms with Crippen molar-refractivity contribution in [1.82, 2.24) is 0 Å². The van der Waals surface area contributed by atoms with Crippen LogP contribution in [-0.4, -0.2) is 26.3 Å². The van der Waals surface area contributed by atoms with Gasteiger partial charge in [-0.2, -0.15) is 0 Å². The Kier molecular flexibility index (Phi) is 4.25. The van der Waals surface area contributed by atoms with E-state index >= 15 is 0 Å². The second-order valence-electron chi connectivity index (χ2n) is 5.27. The maximum Gasteiger partial charge on any atom is 0.0718 e. The zero-order valence-electron chi connectivity index (χ0n) is 11.6. The Morgan fingerprint density at radius 1 is 1.39 bits per heavy atom. The zero-order valence-corrected chi connectivity index (χ0v) is 11.6. The molecule has 0 fully saturated rings. The van der Waals surface area contributed by atoms with E-state index < -0.39 is 0 Å². The molecule has 2 atom stereocenters. The Morgan fingerprint density at radius 3 is 2.83 bits per heavy atom. The molecule has 0 aliphatic carbocycles. The molecule has 1 aliphatic heterocycles. The maximum absolute atomic E-state index is 5.95. The lowest BCUT2D eigenvalue weighted by molar-refractivity contribution is 0.123. The van der Waals surface area contributed by atoms with Crippen LogP contribution in [0.4, 0.5) is 5.69 Å². The average molecular weight is 248 g/mol. The molecule has 2 unspecified atom stereocenters. The standard InChI is InChI=1S/C15H24N2O/c1-11(18-3)10-17-8-4-5-14-9-13(12(2)16)6-7-15(14)17/h6-7,9,11-12H,4-5,8,10,16H2,1-3H3. The predicted molar refractivity (Wildman–Crippen MR) is 76.0 cm³/mol. The molecule has 3 nitrogen and oxygen atoms in total. The fraction of sp³-hybridized carbons (Fsp3) is 0.600. The Labute approximate surface area is 110 Å². The average Bonchev–Trinajstić information content (AvgIpc) is 2.38. The number of hydrogen-bond donors (Lipinski definition) is 1. The van der Waals surface area contributed by atoms with Gasteiger partial charge in [-0.15, -0.1) is 0 Å². The van der Waals surface area contributed by atoms with Crippen molar-refractivity contribution in [2.24, 2.45) is 5.73 Å². The van der Waals surface area contributed by atoms with Crippen molar-refractivity contribution in [1.29, 1.82) is 0 Å². The summed E-state index contributed by atoms with van der Waals surface area (Å²) in [5.74, 6) is 0. The van der Waals surface area contributed by atoms with Crippen LogP contribution >= 0.6 is 0 Å². The van der Waals surface area contributed by atoms with E-state index in [2.05, 4.69) is 30.0 Å². The van der Waals surface area contributed by atoms with Gasteiger partial charge in [0.05, 0.1) is 6.10 Å². The summed E-state index contributed by atoms with van der Waals surface area (Å²) >= 11 is 0. The first-order valence-corrected chi connectivity index (χ1v) is 6.78. The van der Waals surface area contributed by atoms with Crippen LogP contribution in [0.5, 0.6) is 0 Å². The van der Waals surface area contributed by atoms with Crippen molar-refractivity contribution in [3.8, 4) is 0 Å². The van der Waals surface area contributed by atoms with Crippen LogP contribution in [0.25, 0.3) is 0 Å². The number of rotatable bonds is 4. The molecule has 0 aromatic heterocycles. The number of fused-ring (bicyclic) bond motifs is 1. The van der Waals surface area contributed by atoms with Gasteiger partial charge in [0.1, 0.15) is 0 Å². The summed E-state index contributed by atoms with van der Waals surface area (Å²) < 4.78 is 5.37. The van der Waals surface area contributed by atoms with Gasteiger partial charge in [0.2, 0.25) is 0 Å². The molecule has 2 N–H and O–H groups in total. The second kappa shape index (κ2) is 5.72. The van der Waals surface area contributed by atoms with Crippen LogP contribution in [0, 0.1) is 0 Å². The fourth-order valence-corrected chi connectivity index (χ4v) is 2.55. The van der Waals surface area contributed by atoms with Crippen molar-refractivity contribution in [2.75, 3.05) is 25.1 Å². The van der Waals surface area contributed by atoms with E-state index in [1.165, 1.54) is 23.2 Å². The monoisotopic (exact) mass is 248 g/mol. The molecule has 0 amide bonds. The molecule has 1 aliphatic rings. The predicted octanol–water partition coefficient (Wildman–Crippen LogP) is 2.49. The molecule has 3 heteroatoms. The van der Waals surface area contributed by atoms with E-state index in [1.807, 2.05) is 6.92 Å². The highest BCUT2D eigenvalue weighted by atomic mass is 16.5. The van der Waals surface area contributed by atoms with Crippen LogP contribution < -0.4 is 10.6 Å². The first-order valence-electron chi connectivity index (χ1n) is 6.78. The SMILES string of the molecule is COC(C)CN1CCCc2cc(C(C)N)ccc21. The summed E-state index contributed by atoms with van der Waals surface area (Å²) in [5.41, 5.74) is 9.97. The van der Waals surface area contributed by atoms with E-state index in [0.29, 0.717) is 0 Å². The molecule has 0 saturated carbocycles. The second-order valence-corrected chi connectivity index (χ2v) is 5.27. The first kappa shape index (κ1) is 13.4. The van der Waals surface area contributed by atoms with E-state index in [4.69, 9.17) is 10.5 Å². The van der Waals surface area contributed by atoms with Gasteiger partial charge < -0.3 is 15.4 Å². The summed E-state index contributed by atoms with van der Waals surface area (Å²) in [6.07, 6.45) is 2.64. The number of methoxy groups -OCH3 is 1. The van der Waals surface area contributed by atoms with E-state index in [1.54, 1.807) is 7.11 Å². The topological polar surface area (TPSA) is 38.5 Å². The Bertz CT molecular complexity index is 403. The molecular formula is C15H24N2O. The van der Waals surface area contributed by atoms with E-state index in [0.717, 1.165) is 19.5 Å². The van der Waals surface area contributed by atoms with Gasteiger partial charge in [0, 0.05) is 31.9 Å². The number of nitrogens with zero attached hydrogens (tertiary/aromatic N) is 1. The number of hydrogen-bond acceptors (Lipinski definition) is 3. The van der Waals surface area contributed by atoms with Gasteiger partial charge in [-0.1, -0.05) is 12.1 Å². The molecule has 1 aromatic carbocycles. The first-order chi connectivity index (χ1) is 8.61. The molecule has 0 bridgehead atoms. The zero-order chi connectivity index (χ0) is 13.1. The number of nitrogens with two attached hydrogens (primary N) is 1. The van der Waals surface area contributed by atoms with E-state index in [-0.39, 0.29) is 12.1 Å². The normalized spacial score (nSPS) is 18.3. The highest BCUT2D eigenvalue weighted by Crippen LogP contribution is 2.29. The van der Waals surface area contributed by atoms with Crippen molar-refractivity contribution in [3.05, 3.63) is 29.3 Å². The summed E-state index contributed by atoms with van der Waals surface area (Å²) in [7, 11) is 1.77. The van der Waals surface area contributed by atoms with Crippen molar-refractivity contribution >= 4 is 5.69 Å². The number of ether oxygens (including phenoxy) is 1. The van der Waals surface area contributed by atoms with Crippen molar-refractivity contribution in [3.63, 3.8) is 0 Å². The van der Waals surface area contributed by atoms with Crippen LogP contribution in [0.2, 0.25) is 0 Å². The third kappa shape index (κ3) is 2.85. The molecule has 18 heavy (non-hydrogen) atoms. The van der Waals surface area contributed by atoms with Gasteiger partial charge in [0.25, 0.3) is 0 Å². The lowest BCUT2D eigenvalue weighted by atomic mass is 9.97. The summed E-state index contributed by atoms with van der Waals surface area (Å²) in [6, 6.07) is 6.75. The smallest absolute Gasteiger partial charge is 0.0718 e. The molecule has 0 radical (unpaired) electrons. The van der Waals surface area contributed by atoms with Gasteiger partial charge in [-0.25, -0.2) is 0 Å². The maximum atomic E-state index is 5.95. The van der Waals surface area contributed by atoms with Gasteiger partial charge in [0.15, 0.2) is 0 Å². The molecule has 0 saturated heterocycles. The highest BCUT2D eigenvalue weighted by Gasteiger charge is 2.19. The van der Waals surface area contributed by atoms with Gasteiger partial charge >= 0.3 is 0 Å². The lowest BCUT2D eigenvalue weighted by Crippen LogP contribution is -2.36. The molecule has 1 aromatic rings. The van der Waals surface area contributed by atoms with Gasteiger partial charge in [-0.3, -0.25) is 0 Å². The third-order valence-electron chi connectivity index (χ3n) is 3.72. The van der Waals surface area contributed by atoms with E-state index in [9.17, 15) is 0 Å². The molecular weight excluding hydrogens is 224 g/mol. The molecule has 100 valence electrons. The largest absolute Gasteiger partial charge is 0.380 e. The van der Waals surface area contributed by atoms with Crippen LogP contribution in [-0.2, 0) is 11.2 Å². The Hall–Kier alpha value is -1.06. The fourth-order valence-electron chi connectivity index (χ4n) is 2.55. The van der Waals surface area contributed by atoms with Crippen LogP contribution in [0.15, 0.2) is 18.2 Å². The summed E-state index contributed by atoms with van der Waals surface area (Å²) in [6.45, 7) is 6.24. The summed E-state index contributed by atoms with van der Waals surface area (Å²) in [4.78, 5) is 2.43. The van der Waals surface area contributed by atoms with Crippen molar-refractivity contribution in [2.45, 2.75) is 38.8 Å². The van der Waals surface area contributed by atoms with Crippen LogP contribution in [0.1, 0.15) is 37.4 Å². The van der Waals surface area contributed by atoms with Crippen LogP contribution in [0.3, 0.4) is 0 Å². The third-order valence-corrected chi connectivity index (χ3v) is 3.72. The molecule has 1 heterocycles. The minimum absolute atomic E-state index is 0.114. The number of benzene rings is 1. The number of anilines is 1. The Morgan fingerprint density at radius 2 is 2.17 bits per heavy atom. The number of aryl methyl sites for hydroxylation is 1. The summed E-state index contributed by atoms with van der Waals surface area (Å²) in [5, 5.41) is 0. The molecule has 2 rings (SSSR count). The minimum atomic E-state index is 0.114. The van der Waals surface area contributed by atoms with Gasteiger partial charge in [-0.05, 0) is 43.9 Å².